The molecule has 0 unspecified atom stereocenters. The van der Waals surface area contributed by atoms with E-state index in [2.05, 4.69) is 27.3 Å². The summed E-state index contributed by atoms with van der Waals surface area (Å²) in [6.07, 6.45) is 0.873. The minimum absolute atomic E-state index is 0.310. The third kappa shape index (κ3) is 2.91. The summed E-state index contributed by atoms with van der Waals surface area (Å²) in [7, 11) is 0. The molecule has 0 amide bonds. The lowest BCUT2D eigenvalue weighted by Gasteiger charge is -2.37. The maximum Gasteiger partial charge on any atom is 0.315 e. The summed E-state index contributed by atoms with van der Waals surface area (Å²) < 4.78 is 6.10. The Balaban J connectivity index is 1.76. The Hall–Kier alpha value is -0.910. The van der Waals surface area contributed by atoms with E-state index in [1.165, 1.54) is 5.56 Å². The Bertz CT molecular complexity index is 432. The number of halogens is 1. The first-order valence-electron chi connectivity index (χ1n) is 5.89. The number of rotatable bonds is 6. The molecule has 18 heavy (non-hydrogen) atoms. The summed E-state index contributed by atoms with van der Waals surface area (Å²) in [6.45, 7) is 1.85. The van der Waals surface area contributed by atoms with Gasteiger partial charge in [-0.3, -0.25) is 4.79 Å². The van der Waals surface area contributed by atoms with Crippen molar-refractivity contribution in [1.29, 1.82) is 0 Å². The van der Waals surface area contributed by atoms with Crippen LogP contribution in [0.1, 0.15) is 5.56 Å². The highest BCUT2D eigenvalue weighted by molar-refractivity contribution is 9.10. The quantitative estimate of drug-likeness (QED) is 0.785. The number of hydrogen-bond acceptors (Lipinski definition) is 3. The number of carboxylic acid groups (broad SMARTS) is 1. The summed E-state index contributed by atoms with van der Waals surface area (Å²) >= 11 is 3.49. The predicted molar refractivity (Wildman–Crippen MR) is 71.6 cm³/mol. The van der Waals surface area contributed by atoms with Gasteiger partial charge in [-0.25, -0.2) is 0 Å². The van der Waals surface area contributed by atoms with Crippen LogP contribution in [0.4, 0.5) is 0 Å². The van der Waals surface area contributed by atoms with Gasteiger partial charge in [0, 0.05) is 11.0 Å². The fourth-order valence-corrected chi connectivity index (χ4v) is 2.38. The van der Waals surface area contributed by atoms with Gasteiger partial charge in [0.2, 0.25) is 0 Å². The molecule has 98 valence electrons. The molecule has 1 heterocycles. The third-order valence-corrected chi connectivity index (χ3v) is 3.98. The van der Waals surface area contributed by atoms with Crippen molar-refractivity contribution >= 4 is 21.9 Å². The molecule has 4 nitrogen and oxygen atoms in total. The molecule has 0 aliphatic carbocycles. The molecule has 1 aromatic carbocycles. The SMILES string of the molecule is O=C(O)C1(CNCCc2ccccc2Br)COC1. The summed E-state index contributed by atoms with van der Waals surface area (Å²) in [6, 6.07) is 8.05. The highest BCUT2D eigenvalue weighted by Gasteiger charge is 2.45. The first-order chi connectivity index (χ1) is 8.64. The van der Waals surface area contributed by atoms with E-state index in [1.807, 2.05) is 18.2 Å². The molecule has 0 saturated carbocycles. The molecule has 2 N–H and O–H groups in total. The molecule has 1 saturated heterocycles. The van der Waals surface area contributed by atoms with E-state index in [-0.39, 0.29) is 0 Å². The van der Waals surface area contributed by atoms with Crippen LogP contribution in [0, 0.1) is 5.41 Å². The number of benzene rings is 1. The van der Waals surface area contributed by atoms with Crippen molar-refractivity contribution < 1.29 is 14.6 Å². The first kappa shape index (κ1) is 13.5. The second-order valence-electron chi connectivity index (χ2n) is 4.60. The van der Waals surface area contributed by atoms with Crippen LogP contribution in [0.3, 0.4) is 0 Å². The summed E-state index contributed by atoms with van der Waals surface area (Å²) in [5.74, 6) is -0.776. The molecule has 1 aromatic rings. The van der Waals surface area contributed by atoms with Crippen LogP contribution in [-0.4, -0.2) is 37.4 Å². The van der Waals surface area contributed by atoms with E-state index in [0.29, 0.717) is 19.8 Å². The van der Waals surface area contributed by atoms with Crippen molar-refractivity contribution in [1.82, 2.24) is 5.32 Å². The second kappa shape index (κ2) is 5.82. The van der Waals surface area contributed by atoms with Crippen LogP contribution in [0.2, 0.25) is 0 Å². The molecular weight excluding hydrogens is 298 g/mol. The van der Waals surface area contributed by atoms with Gasteiger partial charge in [0.15, 0.2) is 0 Å². The summed E-state index contributed by atoms with van der Waals surface area (Å²) in [5.41, 5.74) is 0.507. The smallest absolute Gasteiger partial charge is 0.315 e. The van der Waals surface area contributed by atoms with Gasteiger partial charge in [0.05, 0.1) is 13.2 Å². The van der Waals surface area contributed by atoms with E-state index in [1.54, 1.807) is 0 Å². The highest BCUT2D eigenvalue weighted by Crippen LogP contribution is 2.26. The van der Waals surface area contributed by atoms with Gasteiger partial charge >= 0.3 is 5.97 Å². The van der Waals surface area contributed by atoms with E-state index < -0.39 is 11.4 Å². The minimum Gasteiger partial charge on any atom is -0.481 e. The number of hydrogen-bond donors (Lipinski definition) is 2. The van der Waals surface area contributed by atoms with Gasteiger partial charge in [-0.1, -0.05) is 34.1 Å². The largest absolute Gasteiger partial charge is 0.481 e. The van der Waals surface area contributed by atoms with Crippen molar-refractivity contribution in [2.45, 2.75) is 6.42 Å². The third-order valence-electron chi connectivity index (χ3n) is 3.20. The molecule has 0 bridgehead atoms. The van der Waals surface area contributed by atoms with E-state index >= 15 is 0 Å². The number of ether oxygens (including phenoxy) is 1. The Morgan fingerprint density at radius 2 is 2.17 bits per heavy atom. The van der Waals surface area contributed by atoms with Gasteiger partial charge in [0.1, 0.15) is 5.41 Å². The summed E-state index contributed by atoms with van der Waals surface area (Å²) in [5, 5.41) is 12.3. The zero-order valence-electron chi connectivity index (χ0n) is 9.99. The lowest BCUT2D eigenvalue weighted by Crippen LogP contribution is -2.55. The number of carboxylic acids is 1. The average molecular weight is 314 g/mol. The number of aliphatic carboxylic acids is 1. The lowest BCUT2D eigenvalue weighted by atomic mass is 9.86. The molecule has 0 spiro atoms. The van der Waals surface area contributed by atoms with Crippen molar-refractivity contribution in [3.63, 3.8) is 0 Å². The standard InChI is InChI=1S/C13H16BrNO3/c14-11-4-2-1-3-10(11)5-6-15-7-13(12(16)17)8-18-9-13/h1-4,15H,5-9H2,(H,16,17). The maximum atomic E-state index is 11.1. The first-order valence-corrected chi connectivity index (χ1v) is 6.69. The van der Waals surface area contributed by atoms with Crippen LogP contribution in [-0.2, 0) is 16.0 Å². The van der Waals surface area contributed by atoms with Crippen LogP contribution < -0.4 is 5.32 Å². The zero-order chi connectivity index (χ0) is 13.0. The molecular formula is C13H16BrNO3. The molecule has 1 aliphatic heterocycles. The van der Waals surface area contributed by atoms with Crippen LogP contribution in [0.15, 0.2) is 28.7 Å². The fraction of sp³-hybridized carbons (Fsp3) is 0.462. The lowest BCUT2D eigenvalue weighted by molar-refractivity contribution is -0.178. The molecule has 0 aromatic heterocycles. The molecule has 5 heteroatoms. The minimum atomic E-state index is -0.776. The van der Waals surface area contributed by atoms with E-state index in [4.69, 9.17) is 9.84 Å². The molecule has 2 rings (SSSR count). The molecule has 0 atom stereocenters. The number of carbonyl (C=O) groups is 1. The van der Waals surface area contributed by atoms with Gasteiger partial charge < -0.3 is 15.2 Å². The normalized spacial score (nSPS) is 17.2. The number of nitrogens with one attached hydrogen (secondary N) is 1. The van der Waals surface area contributed by atoms with Crippen LogP contribution in [0.5, 0.6) is 0 Å². The molecule has 1 aliphatic rings. The molecule has 1 fully saturated rings. The van der Waals surface area contributed by atoms with Gasteiger partial charge in [-0.05, 0) is 24.6 Å². The summed E-state index contributed by atoms with van der Waals surface area (Å²) in [4.78, 5) is 11.1. The Morgan fingerprint density at radius 1 is 1.44 bits per heavy atom. The van der Waals surface area contributed by atoms with Crippen LogP contribution >= 0.6 is 15.9 Å². The van der Waals surface area contributed by atoms with Gasteiger partial charge in [-0.15, -0.1) is 0 Å². The highest BCUT2D eigenvalue weighted by atomic mass is 79.9. The van der Waals surface area contributed by atoms with Crippen molar-refractivity contribution in [2.75, 3.05) is 26.3 Å². The predicted octanol–water partition coefficient (Wildman–Crippen LogP) is 1.68. The van der Waals surface area contributed by atoms with Crippen molar-refractivity contribution in [3.8, 4) is 0 Å². The second-order valence-corrected chi connectivity index (χ2v) is 5.45. The Labute approximate surface area is 114 Å². The van der Waals surface area contributed by atoms with Crippen molar-refractivity contribution in [2.24, 2.45) is 5.41 Å². The topological polar surface area (TPSA) is 58.6 Å². The molecule has 0 radical (unpaired) electrons. The monoisotopic (exact) mass is 313 g/mol. The van der Waals surface area contributed by atoms with E-state index in [9.17, 15) is 4.79 Å². The van der Waals surface area contributed by atoms with E-state index in [0.717, 1.165) is 17.4 Å². The van der Waals surface area contributed by atoms with Gasteiger partial charge in [-0.2, -0.15) is 0 Å². The fourth-order valence-electron chi connectivity index (χ4n) is 1.90. The maximum absolute atomic E-state index is 11.1. The Morgan fingerprint density at radius 3 is 2.72 bits per heavy atom. The zero-order valence-corrected chi connectivity index (χ0v) is 11.6. The average Bonchev–Trinajstić information content (AvgIpc) is 2.28. The Kier molecular flexibility index (Phi) is 4.37. The van der Waals surface area contributed by atoms with Gasteiger partial charge in [0.25, 0.3) is 0 Å². The van der Waals surface area contributed by atoms with Crippen molar-refractivity contribution in [3.05, 3.63) is 34.3 Å². The van der Waals surface area contributed by atoms with Crippen LogP contribution in [0.25, 0.3) is 0 Å².